The molecule has 1 heterocycles. The van der Waals surface area contributed by atoms with Gasteiger partial charge in [-0.05, 0) is 6.92 Å². The Morgan fingerprint density at radius 1 is 1.40 bits per heavy atom. The molecule has 0 bridgehead atoms. The molecule has 4 N–H and O–H groups in total. The summed E-state index contributed by atoms with van der Waals surface area (Å²) >= 11 is 0. The van der Waals surface area contributed by atoms with Gasteiger partial charge in [-0.15, -0.1) is 0 Å². The zero-order valence-corrected chi connectivity index (χ0v) is 11.1. The number of carbonyl (C=O) groups excluding carboxylic acids is 3. The highest BCUT2D eigenvalue weighted by Gasteiger charge is 2.34. The van der Waals surface area contributed by atoms with E-state index in [4.69, 9.17) is 5.11 Å². The van der Waals surface area contributed by atoms with Gasteiger partial charge < -0.3 is 26.0 Å². The summed E-state index contributed by atoms with van der Waals surface area (Å²) in [5.41, 5.74) is 0. The summed E-state index contributed by atoms with van der Waals surface area (Å²) in [5, 5.41) is 16.1. The number of urea groups is 1. The number of rotatable bonds is 5. The smallest absolute Gasteiger partial charge is 0.318 e. The Bertz CT molecular complexity index is 412. The van der Waals surface area contributed by atoms with E-state index in [-0.39, 0.29) is 25.5 Å². The van der Waals surface area contributed by atoms with Gasteiger partial charge in [-0.3, -0.25) is 14.4 Å². The SMILES string of the molecule is CCNC(=O)CNC(=O)N1CCNC(=O)C1CC(=O)O. The van der Waals surface area contributed by atoms with Crippen LogP contribution >= 0.6 is 0 Å². The van der Waals surface area contributed by atoms with E-state index in [0.29, 0.717) is 6.54 Å². The van der Waals surface area contributed by atoms with Crippen molar-refractivity contribution in [1.29, 1.82) is 0 Å². The number of likely N-dealkylation sites (N-methyl/N-ethyl adjacent to an activating group) is 1. The van der Waals surface area contributed by atoms with E-state index in [0.717, 1.165) is 4.90 Å². The Labute approximate surface area is 115 Å². The maximum absolute atomic E-state index is 11.9. The lowest BCUT2D eigenvalue weighted by Gasteiger charge is -2.34. The molecule has 0 saturated carbocycles. The van der Waals surface area contributed by atoms with Crippen molar-refractivity contribution in [1.82, 2.24) is 20.9 Å². The first-order valence-electron chi connectivity index (χ1n) is 6.26. The van der Waals surface area contributed by atoms with Gasteiger partial charge >= 0.3 is 12.0 Å². The van der Waals surface area contributed by atoms with E-state index >= 15 is 0 Å². The van der Waals surface area contributed by atoms with Crippen LogP contribution in [0.25, 0.3) is 0 Å². The molecule has 0 aromatic rings. The molecule has 9 nitrogen and oxygen atoms in total. The second-order valence-electron chi connectivity index (χ2n) is 4.21. The van der Waals surface area contributed by atoms with Gasteiger partial charge in [0, 0.05) is 19.6 Å². The van der Waals surface area contributed by atoms with Crippen LogP contribution < -0.4 is 16.0 Å². The second kappa shape index (κ2) is 7.31. The molecule has 1 aliphatic rings. The van der Waals surface area contributed by atoms with Crippen LogP contribution in [0.2, 0.25) is 0 Å². The lowest BCUT2D eigenvalue weighted by atomic mass is 10.1. The minimum Gasteiger partial charge on any atom is -0.481 e. The van der Waals surface area contributed by atoms with Crippen LogP contribution in [0.4, 0.5) is 4.79 Å². The molecule has 1 unspecified atom stereocenters. The predicted molar refractivity (Wildman–Crippen MR) is 67.8 cm³/mol. The fourth-order valence-electron chi connectivity index (χ4n) is 1.84. The zero-order valence-electron chi connectivity index (χ0n) is 11.1. The first kappa shape index (κ1) is 15.7. The number of carboxylic acid groups (broad SMARTS) is 1. The van der Waals surface area contributed by atoms with E-state index in [1.165, 1.54) is 0 Å². The number of carbonyl (C=O) groups is 4. The molecule has 0 spiro atoms. The Hall–Kier alpha value is -2.32. The number of carboxylic acids is 1. The number of hydrogen-bond acceptors (Lipinski definition) is 4. The lowest BCUT2D eigenvalue weighted by molar-refractivity contribution is -0.142. The molecule has 4 amide bonds. The molecule has 0 aromatic heterocycles. The molecule has 9 heteroatoms. The van der Waals surface area contributed by atoms with Gasteiger partial charge in [-0.2, -0.15) is 0 Å². The van der Waals surface area contributed by atoms with Crippen molar-refractivity contribution in [2.45, 2.75) is 19.4 Å². The highest BCUT2D eigenvalue weighted by molar-refractivity contribution is 5.92. The number of amides is 4. The summed E-state index contributed by atoms with van der Waals surface area (Å²) in [5.74, 6) is -2.03. The maximum atomic E-state index is 11.9. The van der Waals surface area contributed by atoms with Crippen LogP contribution in [0, 0.1) is 0 Å². The van der Waals surface area contributed by atoms with Crippen LogP contribution in [0.15, 0.2) is 0 Å². The summed E-state index contributed by atoms with van der Waals surface area (Å²) in [6.45, 7) is 2.43. The lowest BCUT2D eigenvalue weighted by Crippen LogP contribution is -2.60. The summed E-state index contributed by atoms with van der Waals surface area (Å²) in [4.78, 5) is 46.6. The van der Waals surface area contributed by atoms with Crippen molar-refractivity contribution >= 4 is 23.8 Å². The van der Waals surface area contributed by atoms with Gasteiger partial charge in [-0.25, -0.2) is 4.79 Å². The van der Waals surface area contributed by atoms with Crippen molar-refractivity contribution in [3.63, 3.8) is 0 Å². The molecule has 20 heavy (non-hydrogen) atoms. The van der Waals surface area contributed by atoms with Crippen molar-refractivity contribution in [3.8, 4) is 0 Å². The molecule has 0 aliphatic carbocycles. The number of piperazine rings is 1. The van der Waals surface area contributed by atoms with Crippen molar-refractivity contribution in [2.24, 2.45) is 0 Å². The highest BCUT2D eigenvalue weighted by atomic mass is 16.4. The average molecular weight is 286 g/mol. The van der Waals surface area contributed by atoms with Crippen LogP contribution in [0.5, 0.6) is 0 Å². The summed E-state index contributed by atoms with van der Waals surface area (Å²) in [6, 6.07) is -1.69. The van der Waals surface area contributed by atoms with E-state index in [1.54, 1.807) is 6.92 Å². The Morgan fingerprint density at radius 3 is 2.70 bits per heavy atom. The summed E-state index contributed by atoms with van der Waals surface area (Å²) in [6.07, 6.45) is -0.472. The maximum Gasteiger partial charge on any atom is 0.318 e. The molecular weight excluding hydrogens is 268 g/mol. The van der Waals surface area contributed by atoms with Crippen LogP contribution in [0.1, 0.15) is 13.3 Å². The normalized spacial score (nSPS) is 18.1. The van der Waals surface area contributed by atoms with Gasteiger partial charge in [0.05, 0.1) is 13.0 Å². The minimum absolute atomic E-state index is 0.199. The number of hydrogen-bond donors (Lipinski definition) is 4. The Balaban J connectivity index is 2.60. The third kappa shape index (κ3) is 4.41. The summed E-state index contributed by atoms with van der Waals surface area (Å²) < 4.78 is 0. The van der Waals surface area contributed by atoms with Gasteiger partial charge in [0.15, 0.2) is 0 Å². The zero-order chi connectivity index (χ0) is 15.1. The minimum atomic E-state index is -1.17. The van der Waals surface area contributed by atoms with Crippen molar-refractivity contribution in [2.75, 3.05) is 26.2 Å². The largest absolute Gasteiger partial charge is 0.481 e. The monoisotopic (exact) mass is 286 g/mol. The van der Waals surface area contributed by atoms with E-state index in [2.05, 4.69) is 16.0 Å². The van der Waals surface area contributed by atoms with E-state index in [9.17, 15) is 19.2 Å². The molecular formula is C11H18N4O5. The van der Waals surface area contributed by atoms with Crippen LogP contribution in [0.3, 0.4) is 0 Å². The average Bonchev–Trinajstić information content (AvgIpc) is 2.38. The van der Waals surface area contributed by atoms with Crippen LogP contribution in [-0.4, -0.2) is 66.0 Å². The number of nitrogens with zero attached hydrogens (tertiary/aromatic N) is 1. The van der Waals surface area contributed by atoms with Gasteiger partial charge in [0.2, 0.25) is 11.8 Å². The second-order valence-corrected chi connectivity index (χ2v) is 4.21. The molecule has 112 valence electrons. The predicted octanol–water partition coefficient (Wildman–Crippen LogP) is -1.89. The first-order valence-corrected chi connectivity index (χ1v) is 6.26. The molecule has 0 radical (unpaired) electrons. The standard InChI is InChI=1S/C11H18N4O5/c1-2-12-8(16)6-14-11(20)15-4-3-13-10(19)7(15)5-9(17)18/h7H,2-6H2,1H3,(H,12,16)(H,13,19)(H,14,20)(H,17,18). The number of aliphatic carboxylic acids is 1. The Morgan fingerprint density at radius 2 is 2.10 bits per heavy atom. The fraction of sp³-hybridized carbons (Fsp3) is 0.636. The third-order valence-corrected chi connectivity index (χ3v) is 2.73. The molecule has 1 fully saturated rings. The first-order chi connectivity index (χ1) is 9.45. The molecule has 0 aromatic carbocycles. The van der Waals surface area contributed by atoms with E-state index in [1.807, 2.05) is 0 Å². The van der Waals surface area contributed by atoms with Gasteiger partial charge in [-0.1, -0.05) is 0 Å². The molecule has 1 aliphatic heterocycles. The topological polar surface area (TPSA) is 128 Å². The Kier molecular flexibility index (Phi) is 5.75. The molecule has 1 atom stereocenters. The van der Waals surface area contributed by atoms with Crippen LogP contribution in [-0.2, 0) is 14.4 Å². The quantitative estimate of drug-likeness (QED) is 0.469. The number of nitrogens with one attached hydrogen (secondary N) is 3. The van der Waals surface area contributed by atoms with Gasteiger partial charge in [0.1, 0.15) is 6.04 Å². The molecule has 1 rings (SSSR count). The van der Waals surface area contributed by atoms with Crippen molar-refractivity contribution in [3.05, 3.63) is 0 Å². The molecule has 1 saturated heterocycles. The van der Waals surface area contributed by atoms with Gasteiger partial charge in [0.25, 0.3) is 0 Å². The summed E-state index contributed by atoms with van der Waals surface area (Å²) in [7, 11) is 0. The fourth-order valence-corrected chi connectivity index (χ4v) is 1.84. The van der Waals surface area contributed by atoms with E-state index < -0.39 is 30.4 Å². The third-order valence-electron chi connectivity index (χ3n) is 2.73. The van der Waals surface area contributed by atoms with Crippen molar-refractivity contribution < 1.29 is 24.3 Å². The highest BCUT2D eigenvalue weighted by Crippen LogP contribution is 2.09.